The largest absolute Gasteiger partial charge is 0.493 e. The number of carbonyl (C=O) groups excluding carboxylic acids is 2. The van der Waals surface area contributed by atoms with Crippen LogP contribution < -0.4 is 14.4 Å². The van der Waals surface area contributed by atoms with Crippen molar-refractivity contribution in [2.24, 2.45) is 0 Å². The second kappa shape index (κ2) is 9.82. The number of carbonyl (C=O) groups is 2. The van der Waals surface area contributed by atoms with Gasteiger partial charge in [0.05, 0.1) is 24.8 Å². The van der Waals surface area contributed by atoms with E-state index in [9.17, 15) is 9.59 Å². The van der Waals surface area contributed by atoms with Gasteiger partial charge in [-0.15, -0.1) is 0 Å². The van der Waals surface area contributed by atoms with Gasteiger partial charge < -0.3 is 14.2 Å². The maximum absolute atomic E-state index is 12.9. The van der Waals surface area contributed by atoms with Crippen molar-refractivity contribution in [3.05, 3.63) is 56.4 Å². The summed E-state index contributed by atoms with van der Waals surface area (Å²) in [6.45, 7) is -0.252. The number of nitrogens with zero attached hydrogens (tertiary/aromatic N) is 1. The molecule has 6 nitrogen and oxygen atoms in total. The molecule has 1 heterocycles. The Morgan fingerprint density at radius 1 is 1.23 bits per heavy atom. The Morgan fingerprint density at radius 3 is 2.57 bits per heavy atom. The maximum atomic E-state index is 12.9. The van der Waals surface area contributed by atoms with E-state index < -0.39 is 5.97 Å². The van der Waals surface area contributed by atoms with Gasteiger partial charge in [0.2, 0.25) is 0 Å². The molecule has 1 aliphatic heterocycles. The van der Waals surface area contributed by atoms with Gasteiger partial charge in [0.15, 0.2) is 22.4 Å². The molecule has 1 aliphatic rings. The molecule has 0 N–H and O–H groups in total. The van der Waals surface area contributed by atoms with E-state index >= 15 is 0 Å². The number of anilines is 1. The van der Waals surface area contributed by atoms with E-state index in [0.29, 0.717) is 41.5 Å². The topological polar surface area (TPSA) is 65.1 Å². The third kappa shape index (κ3) is 4.97. The summed E-state index contributed by atoms with van der Waals surface area (Å²) >= 11 is 16.0. The van der Waals surface area contributed by atoms with Crippen molar-refractivity contribution in [2.75, 3.05) is 25.7 Å². The van der Waals surface area contributed by atoms with Gasteiger partial charge in [0.25, 0.3) is 5.91 Å². The lowest BCUT2D eigenvalue weighted by molar-refractivity contribution is -0.142. The second-order valence-corrected chi connectivity index (χ2v) is 8.85. The molecule has 0 radical (unpaired) electrons. The van der Waals surface area contributed by atoms with Gasteiger partial charge in [-0.25, -0.2) is 4.79 Å². The summed E-state index contributed by atoms with van der Waals surface area (Å²) in [5.74, 6) is 0.0227. The first-order chi connectivity index (χ1) is 14.3. The SMILES string of the molecule is COC(=O)COc1cc(Br)c(/C=C2\SC(=S)N(c3ccc(Cl)cc3)C2=O)cc1OC. The van der Waals surface area contributed by atoms with Crippen LogP contribution in [-0.4, -0.2) is 37.0 Å². The molecule has 1 saturated heterocycles. The maximum Gasteiger partial charge on any atom is 0.343 e. The molecular formula is C20H15BrClNO5S2. The number of benzene rings is 2. The summed E-state index contributed by atoms with van der Waals surface area (Å²) < 4.78 is 16.5. The van der Waals surface area contributed by atoms with Crippen LogP contribution in [0.1, 0.15) is 5.56 Å². The highest BCUT2D eigenvalue weighted by atomic mass is 79.9. The first kappa shape index (κ1) is 22.6. The number of hydrogen-bond donors (Lipinski definition) is 0. The van der Waals surface area contributed by atoms with E-state index in [2.05, 4.69) is 20.7 Å². The first-order valence-corrected chi connectivity index (χ1v) is 10.8. The monoisotopic (exact) mass is 527 g/mol. The van der Waals surface area contributed by atoms with Gasteiger partial charge in [0.1, 0.15) is 0 Å². The molecule has 30 heavy (non-hydrogen) atoms. The minimum Gasteiger partial charge on any atom is -0.493 e. The third-order valence-corrected chi connectivity index (χ3v) is 6.26. The van der Waals surface area contributed by atoms with Gasteiger partial charge in [-0.2, -0.15) is 0 Å². The molecule has 2 aromatic carbocycles. The summed E-state index contributed by atoms with van der Waals surface area (Å²) in [4.78, 5) is 26.2. The highest BCUT2D eigenvalue weighted by Crippen LogP contribution is 2.39. The quantitative estimate of drug-likeness (QED) is 0.295. The standard InChI is InChI=1S/C20H15BrClNO5S2/c1-26-15-7-11(14(21)9-16(15)28-10-18(24)27-2)8-17-19(25)23(20(29)30-17)13-5-3-12(22)4-6-13/h3-9H,10H2,1-2H3/b17-8-. The predicted octanol–water partition coefficient (Wildman–Crippen LogP) is 5.07. The number of esters is 1. The predicted molar refractivity (Wildman–Crippen MR) is 125 cm³/mol. The molecule has 0 bridgehead atoms. The molecule has 0 atom stereocenters. The Morgan fingerprint density at radius 2 is 1.93 bits per heavy atom. The fraction of sp³-hybridized carbons (Fsp3) is 0.150. The van der Waals surface area contributed by atoms with E-state index in [4.69, 9.17) is 33.3 Å². The number of amides is 1. The van der Waals surface area contributed by atoms with Crippen LogP contribution in [0.4, 0.5) is 5.69 Å². The number of ether oxygens (including phenoxy) is 3. The Kier molecular flexibility index (Phi) is 7.41. The lowest BCUT2D eigenvalue weighted by atomic mass is 10.1. The van der Waals surface area contributed by atoms with Crippen LogP contribution in [0, 0.1) is 0 Å². The zero-order valence-electron chi connectivity index (χ0n) is 15.8. The fourth-order valence-corrected chi connectivity index (χ4v) is 4.40. The summed E-state index contributed by atoms with van der Waals surface area (Å²) in [5.41, 5.74) is 1.34. The van der Waals surface area contributed by atoms with Crippen LogP contribution in [-0.2, 0) is 14.3 Å². The van der Waals surface area contributed by atoms with Crippen molar-refractivity contribution < 1.29 is 23.8 Å². The number of methoxy groups -OCH3 is 2. The van der Waals surface area contributed by atoms with Crippen molar-refractivity contribution in [1.29, 1.82) is 0 Å². The molecule has 2 aromatic rings. The summed E-state index contributed by atoms with van der Waals surface area (Å²) in [6.07, 6.45) is 1.71. The number of hydrogen-bond acceptors (Lipinski definition) is 7. The Hall–Kier alpha value is -2.07. The summed E-state index contributed by atoms with van der Waals surface area (Å²) in [7, 11) is 2.76. The van der Waals surface area contributed by atoms with Crippen LogP contribution in [0.3, 0.4) is 0 Å². The highest BCUT2D eigenvalue weighted by molar-refractivity contribution is 9.10. The zero-order chi connectivity index (χ0) is 21.8. The molecule has 0 aliphatic carbocycles. The molecule has 1 fully saturated rings. The average molecular weight is 529 g/mol. The van der Waals surface area contributed by atoms with E-state index in [1.807, 2.05) is 0 Å². The van der Waals surface area contributed by atoms with Gasteiger partial charge in [0, 0.05) is 9.50 Å². The Labute approximate surface area is 196 Å². The van der Waals surface area contributed by atoms with Crippen molar-refractivity contribution in [2.45, 2.75) is 0 Å². The smallest absolute Gasteiger partial charge is 0.343 e. The van der Waals surface area contributed by atoms with Crippen molar-refractivity contribution in [3.8, 4) is 11.5 Å². The van der Waals surface area contributed by atoms with Crippen LogP contribution in [0.25, 0.3) is 6.08 Å². The molecule has 10 heteroatoms. The van der Waals surface area contributed by atoms with E-state index in [1.54, 1.807) is 42.5 Å². The normalized spacial score (nSPS) is 14.9. The Balaban J connectivity index is 1.89. The van der Waals surface area contributed by atoms with Crippen LogP contribution in [0.2, 0.25) is 5.02 Å². The van der Waals surface area contributed by atoms with Crippen LogP contribution in [0.15, 0.2) is 45.8 Å². The zero-order valence-corrected chi connectivity index (χ0v) is 19.8. The van der Waals surface area contributed by atoms with Gasteiger partial charge in [-0.05, 0) is 48.0 Å². The number of rotatable bonds is 6. The van der Waals surface area contributed by atoms with E-state index in [0.717, 1.165) is 0 Å². The number of halogens is 2. The molecule has 3 rings (SSSR count). The first-order valence-electron chi connectivity index (χ1n) is 8.44. The third-order valence-electron chi connectivity index (χ3n) is 4.02. The van der Waals surface area contributed by atoms with Crippen LogP contribution in [0.5, 0.6) is 11.5 Å². The molecule has 0 unspecified atom stereocenters. The summed E-state index contributed by atoms with van der Waals surface area (Å²) in [6, 6.07) is 10.2. The van der Waals surface area contributed by atoms with Crippen LogP contribution >= 0.6 is 51.5 Å². The minimum atomic E-state index is -0.511. The van der Waals surface area contributed by atoms with Crippen molar-refractivity contribution in [1.82, 2.24) is 0 Å². The molecular weight excluding hydrogens is 514 g/mol. The van der Waals surface area contributed by atoms with Crippen molar-refractivity contribution >= 4 is 79.5 Å². The molecule has 1 amide bonds. The minimum absolute atomic E-state index is 0.232. The second-order valence-electron chi connectivity index (χ2n) is 5.88. The van der Waals surface area contributed by atoms with Gasteiger partial charge in [-0.1, -0.05) is 51.5 Å². The molecule has 0 spiro atoms. The number of thioether (sulfide) groups is 1. The number of thiocarbonyl (C=S) groups is 1. The Bertz CT molecular complexity index is 1040. The van der Waals surface area contributed by atoms with Gasteiger partial charge in [-0.3, -0.25) is 9.69 Å². The fourth-order valence-electron chi connectivity index (χ4n) is 2.55. The summed E-state index contributed by atoms with van der Waals surface area (Å²) in [5, 5.41) is 0.574. The van der Waals surface area contributed by atoms with Crippen molar-refractivity contribution in [3.63, 3.8) is 0 Å². The van der Waals surface area contributed by atoms with Gasteiger partial charge >= 0.3 is 5.97 Å². The lowest BCUT2D eigenvalue weighted by Gasteiger charge is -2.14. The lowest BCUT2D eigenvalue weighted by Crippen LogP contribution is -2.27. The molecule has 0 aromatic heterocycles. The van der Waals surface area contributed by atoms with E-state index in [-0.39, 0.29) is 12.5 Å². The molecule has 156 valence electrons. The highest BCUT2D eigenvalue weighted by Gasteiger charge is 2.33. The van der Waals surface area contributed by atoms with E-state index in [1.165, 1.54) is 30.9 Å². The molecule has 0 saturated carbocycles. The average Bonchev–Trinajstić information content (AvgIpc) is 3.01.